The minimum atomic E-state index is -0.154. The molecular formula is C32H32IO3S+. The lowest BCUT2D eigenvalue weighted by Crippen LogP contribution is -2.19. The van der Waals surface area contributed by atoms with Gasteiger partial charge in [0.25, 0.3) is 0 Å². The summed E-state index contributed by atoms with van der Waals surface area (Å²) < 4.78 is 19.0. The molecule has 0 N–H and O–H groups in total. The van der Waals surface area contributed by atoms with Gasteiger partial charge in [-0.3, -0.25) is 0 Å². The van der Waals surface area contributed by atoms with Crippen LogP contribution in [0.4, 0.5) is 0 Å². The van der Waals surface area contributed by atoms with Crippen molar-refractivity contribution in [3.05, 3.63) is 112 Å². The third kappa shape index (κ3) is 7.30. The summed E-state index contributed by atoms with van der Waals surface area (Å²) in [4.78, 5) is 3.89. The van der Waals surface area contributed by atoms with Crippen LogP contribution < -0.4 is 9.47 Å². The molecule has 190 valence electrons. The second-order valence-corrected chi connectivity index (χ2v) is 12.3. The minimum Gasteiger partial charge on any atom is -0.489 e. The second kappa shape index (κ2) is 13.4. The molecule has 0 aliphatic heterocycles. The van der Waals surface area contributed by atoms with Gasteiger partial charge in [0.2, 0.25) is 0 Å². The fourth-order valence-corrected chi connectivity index (χ4v) is 7.36. The normalized spacial score (nSPS) is 14.0. The maximum Gasteiger partial charge on any atom is 0.189 e. The van der Waals surface area contributed by atoms with Crippen LogP contribution in [0.2, 0.25) is 0 Å². The molecule has 0 unspecified atom stereocenters. The molecule has 0 bridgehead atoms. The third-order valence-electron chi connectivity index (χ3n) is 6.49. The first kappa shape index (κ1) is 26.1. The lowest BCUT2D eigenvalue weighted by Gasteiger charge is -2.22. The zero-order valence-electron chi connectivity index (χ0n) is 20.9. The van der Waals surface area contributed by atoms with Crippen molar-refractivity contribution in [1.29, 1.82) is 0 Å². The van der Waals surface area contributed by atoms with Crippen molar-refractivity contribution in [2.75, 3.05) is 6.79 Å². The number of halogens is 1. The lowest BCUT2D eigenvalue weighted by atomic mass is 9.98. The predicted molar refractivity (Wildman–Crippen MR) is 158 cm³/mol. The smallest absolute Gasteiger partial charge is 0.189 e. The van der Waals surface area contributed by atoms with E-state index in [4.69, 9.17) is 14.2 Å². The highest BCUT2D eigenvalue weighted by Gasteiger charge is 2.28. The molecule has 1 aliphatic carbocycles. The second-order valence-electron chi connectivity index (χ2n) is 9.15. The lowest BCUT2D eigenvalue weighted by molar-refractivity contribution is -0.0500. The van der Waals surface area contributed by atoms with Crippen molar-refractivity contribution >= 4 is 33.5 Å². The van der Waals surface area contributed by atoms with Gasteiger partial charge < -0.3 is 14.2 Å². The van der Waals surface area contributed by atoms with Gasteiger partial charge in [-0.05, 0) is 102 Å². The van der Waals surface area contributed by atoms with E-state index in [0.29, 0.717) is 19.5 Å². The molecule has 0 atom stereocenters. The summed E-state index contributed by atoms with van der Waals surface area (Å²) in [6, 6.07) is 36.1. The van der Waals surface area contributed by atoms with E-state index in [0.717, 1.165) is 33.5 Å². The highest BCUT2D eigenvalue weighted by molar-refractivity contribution is 14.1. The molecule has 5 heteroatoms. The fraction of sp³-hybridized carbons (Fsp3) is 0.250. The van der Waals surface area contributed by atoms with Crippen LogP contribution in [0.3, 0.4) is 0 Å². The molecule has 0 radical (unpaired) electrons. The minimum absolute atomic E-state index is 0.154. The molecule has 0 aromatic heterocycles. The van der Waals surface area contributed by atoms with Crippen LogP contribution in [-0.4, -0.2) is 12.9 Å². The van der Waals surface area contributed by atoms with Crippen molar-refractivity contribution in [2.45, 2.75) is 59.5 Å². The number of ether oxygens (including phenoxy) is 3. The van der Waals surface area contributed by atoms with Gasteiger partial charge in [-0.1, -0.05) is 61.7 Å². The first-order chi connectivity index (χ1) is 18.3. The highest BCUT2D eigenvalue weighted by atomic mass is 127. The van der Waals surface area contributed by atoms with E-state index in [1.165, 1.54) is 33.9 Å². The SMILES string of the molecule is Ic1cc(COc2ccc([S+](c3ccccc3)c3ccccc3)cc2)ccc1OCOC1CCCCC1. The number of benzene rings is 4. The average Bonchev–Trinajstić information content (AvgIpc) is 2.96. The molecule has 5 rings (SSSR count). The topological polar surface area (TPSA) is 27.7 Å². The van der Waals surface area contributed by atoms with Crippen molar-refractivity contribution < 1.29 is 14.2 Å². The first-order valence-electron chi connectivity index (χ1n) is 12.9. The van der Waals surface area contributed by atoms with Crippen molar-refractivity contribution in [1.82, 2.24) is 0 Å². The van der Waals surface area contributed by atoms with E-state index in [-0.39, 0.29) is 10.9 Å². The monoisotopic (exact) mass is 623 g/mol. The Morgan fingerprint density at radius 1 is 0.676 bits per heavy atom. The molecule has 4 aromatic carbocycles. The molecule has 37 heavy (non-hydrogen) atoms. The summed E-state index contributed by atoms with van der Waals surface area (Å²) in [6.45, 7) is 0.827. The zero-order valence-corrected chi connectivity index (χ0v) is 23.8. The molecule has 1 aliphatic rings. The predicted octanol–water partition coefficient (Wildman–Crippen LogP) is 8.65. The van der Waals surface area contributed by atoms with Crippen LogP contribution in [0.15, 0.2) is 118 Å². The Morgan fingerprint density at radius 2 is 1.30 bits per heavy atom. The number of rotatable bonds is 10. The zero-order chi connectivity index (χ0) is 25.3. The van der Waals surface area contributed by atoms with Crippen LogP contribution in [-0.2, 0) is 22.2 Å². The van der Waals surface area contributed by atoms with E-state index in [2.05, 4.69) is 120 Å². The Bertz CT molecular complexity index is 1200. The van der Waals surface area contributed by atoms with Crippen LogP contribution in [0, 0.1) is 3.57 Å². The molecule has 0 saturated heterocycles. The summed E-state index contributed by atoms with van der Waals surface area (Å²) >= 11 is 2.32. The van der Waals surface area contributed by atoms with Gasteiger partial charge in [0.1, 0.15) is 18.1 Å². The van der Waals surface area contributed by atoms with E-state index in [9.17, 15) is 0 Å². The average molecular weight is 624 g/mol. The molecule has 0 heterocycles. The van der Waals surface area contributed by atoms with E-state index < -0.39 is 0 Å². The summed E-state index contributed by atoms with van der Waals surface area (Å²) in [6.07, 6.45) is 6.51. The molecular weight excluding hydrogens is 591 g/mol. The van der Waals surface area contributed by atoms with Crippen molar-refractivity contribution in [3.8, 4) is 11.5 Å². The fourth-order valence-electron chi connectivity index (χ4n) is 4.54. The van der Waals surface area contributed by atoms with Gasteiger partial charge in [-0.15, -0.1) is 0 Å². The highest BCUT2D eigenvalue weighted by Crippen LogP contribution is 2.32. The Kier molecular flexibility index (Phi) is 9.44. The summed E-state index contributed by atoms with van der Waals surface area (Å²) in [5, 5.41) is 0. The Balaban J connectivity index is 1.19. The van der Waals surface area contributed by atoms with Gasteiger partial charge in [0, 0.05) is 0 Å². The van der Waals surface area contributed by atoms with Crippen LogP contribution in [0.1, 0.15) is 37.7 Å². The van der Waals surface area contributed by atoms with Gasteiger partial charge in [0.05, 0.1) is 20.6 Å². The Labute approximate surface area is 236 Å². The summed E-state index contributed by atoms with van der Waals surface area (Å²) in [5.74, 6) is 1.73. The molecule has 4 aromatic rings. The standard InChI is InChI=1S/C32H32IO3S/c33-31-22-25(16-21-32(31)36-24-35-26-10-4-1-5-11-26)23-34-27-17-19-30(20-18-27)37(28-12-6-2-7-13-28)29-14-8-3-9-15-29/h2-3,6-9,12-22,26H,1,4-5,10-11,23-24H2/q+1. The van der Waals surface area contributed by atoms with E-state index >= 15 is 0 Å². The largest absolute Gasteiger partial charge is 0.489 e. The molecule has 1 fully saturated rings. The van der Waals surface area contributed by atoms with Crippen molar-refractivity contribution in [2.24, 2.45) is 0 Å². The van der Waals surface area contributed by atoms with Gasteiger partial charge in [0.15, 0.2) is 21.5 Å². The third-order valence-corrected chi connectivity index (χ3v) is 9.56. The maximum atomic E-state index is 6.13. The molecule has 0 spiro atoms. The summed E-state index contributed by atoms with van der Waals surface area (Å²) in [7, 11) is -0.154. The van der Waals surface area contributed by atoms with Crippen LogP contribution >= 0.6 is 22.6 Å². The van der Waals surface area contributed by atoms with Crippen LogP contribution in [0.5, 0.6) is 11.5 Å². The molecule has 3 nitrogen and oxygen atoms in total. The number of hydrogen-bond donors (Lipinski definition) is 0. The van der Waals surface area contributed by atoms with E-state index in [1.807, 2.05) is 6.07 Å². The maximum absolute atomic E-state index is 6.13. The molecule has 1 saturated carbocycles. The molecule has 0 amide bonds. The number of hydrogen-bond acceptors (Lipinski definition) is 3. The van der Waals surface area contributed by atoms with Crippen LogP contribution in [0.25, 0.3) is 0 Å². The van der Waals surface area contributed by atoms with E-state index in [1.54, 1.807) is 0 Å². The van der Waals surface area contributed by atoms with Crippen molar-refractivity contribution in [3.63, 3.8) is 0 Å². The van der Waals surface area contributed by atoms with Gasteiger partial charge >= 0.3 is 0 Å². The van der Waals surface area contributed by atoms with Gasteiger partial charge in [-0.25, -0.2) is 0 Å². The summed E-state index contributed by atoms with van der Waals surface area (Å²) in [5.41, 5.74) is 1.11. The first-order valence-corrected chi connectivity index (χ1v) is 15.2. The quantitative estimate of drug-likeness (QED) is 0.101. The van der Waals surface area contributed by atoms with Gasteiger partial charge in [-0.2, -0.15) is 0 Å². The Hall–Kier alpha value is -2.48. The Morgan fingerprint density at radius 3 is 1.92 bits per heavy atom.